The molecule has 5 heteroatoms. The first-order valence-electron chi connectivity index (χ1n) is 5.62. The number of halogens is 2. The molecule has 1 atom stereocenters. The van der Waals surface area contributed by atoms with Crippen LogP contribution >= 0.6 is 12.4 Å². The molecule has 1 aromatic carbocycles. The maximum atomic E-state index is 13.1. The second-order valence-electron chi connectivity index (χ2n) is 4.90. The molecule has 18 heavy (non-hydrogen) atoms. The van der Waals surface area contributed by atoms with Gasteiger partial charge in [-0.1, -0.05) is 26.0 Å². The Morgan fingerprint density at radius 3 is 2.61 bits per heavy atom. The third-order valence-corrected chi connectivity index (χ3v) is 2.72. The van der Waals surface area contributed by atoms with E-state index in [0.29, 0.717) is 6.54 Å². The molecule has 102 valence electrons. The van der Waals surface area contributed by atoms with E-state index in [9.17, 15) is 9.18 Å². The summed E-state index contributed by atoms with van der Waals surface area (Å²) in [5, 5.41) is 2.75. The van der Waals surface area contributed by atoms with Crippen molar-refractivity contribution in [2.24, 2.45) is 5.73 Å². The minimum atomic E-state index is -0.529. The molecular weight excluding hydrogens is 255 g/mol. The summed E-state index contributed by atoms with van der Waals surface area (Å²) in [7, 11) is 0. The second-order valence-corrected chi connectivity index (χ2v) is 4.90. The van der Waals surface area contributed by atoms with Crippen molar-refractivity contribution >= 4 is 18.3 Å². The molecular formula is C13H20ClFN2O. The third kappa shape index (κ3) is 4.63. The van der Waals surface area contributed by atoms with E-state index in [0.717, 1.165) is 5.56 Å². The summed E-state index contributed by atoms with van der Waals surface area (Å²) in [6, 6.07) is 5.87. The molecule has 0 radical (unpaired) electrons. The van der Waals surface area contributed by atoms with Crippen LogP contribution in [0, 0.1) is 5.82 Å². The van der Waals surface area contributed by atoms with Gasteiger partial charge in [0.2, 0.25) is 5.91 Å². The van der Waals surface area contributed by atoms with Crippen molar-refractivity contribution in [3.8, 4) is 0 Å². The van der Waals surface area contributed by atoms with Crippen LogP contribution in [0.1, 0.15) is 26.3 Å². The Morgan fingerprint density at radius 1 is 1.50 bits per heavy atom. The summed E-state index contributed by atoms with van der Waals surface area (Å²) in [4.78, 5) is 11.4. The van der Waals surface area contributed by atoms with Crippen molar-refractivity contribution in [1.82, 2.24) is 5.32 Å². The molecule has 3 nitrogen and oxygen atoms in total. The number of benzene rings is 1. The summed E-state index contributed by atoms with van der Waals surface area (Å²) in [5.74, 6) is -0.469. The van der Waals surface area contributed by atoms with Gasteiger partial charge in [0.25, 0.3) is 0 Å². The molecule has 0 saturated heterocycles. The van der Waals surface area contributed by atoms with Gasteiger partial charge in [-0.25, -0.2) is 4.39 Å². The van der Waals surface area contributed by atoms with Crippen LogP contribution in [0.15, 0.2) is 24.3 Å². The summed E-state index contributed by atoms with van der Waals surface area (Å²) < 4.78 is 13.1. The van der Waals surface area contributed by atoms with E-state index in [2.05, 4.69) is 5.32 Å². The van der Waals surface area contributed by atoms with Crippen LogP contribution in [0.25, 0.3) is 0 Å². The highest BCUT2D eigenvalue weighted by Crippen LogP contribution is 2.22. The zero-order valence-electron chi connectivity index (χ0n) is 10.9. The molecule has 0 aliphatic rings. The highest BCUT2D eigenvalue weighted by molar-refractivity contribution is 5.85. The molecule has 0 aliphatic carbocycles. The number of hydrogen-bond acceptors (Lipinski definition) is 2. The summed E-state index contributed by atoms with van der Waals surface area (Å²) in [5.41, 5.74) is 5.98. The Labute approximate surface area is 113 Å². The number of hydrogen-bond donors (Lipinski definition) is 2. The molecule has 0 bridgehead atoms. The molecule has 0 saturated carbocycles. The number of carbonyl (C=O) groups is 1. The molecule has 0 aromatic heterocycles. The smallest absolute Gasteiger partial charge is 0.236 e. The standard InChI is InChI=1S/C13H19FN2O.ClH/c1-9(15)12(17)16-8-13(2,3)10-5-4-6-11(14)7-10;/h4-7,9H,8,15H2,1-3H3,(H,16,17);1H/t9-;/m0./s1. The van der Waals surface area contributed by atoms with Gasteiger partial charge in [0.1, 0.15) is 5.82 Å². The van der Waals surface area contributed by atoms with Crippen molar-refractivity contribution in [2.45, 2.75) is 32.2 Å². The molecule has 0 aliphatic heterocycles. The van der Waals surface area contributed by atoms with Gasteiger partial charge < -0.3 is 11.1 Å². The fraction of sp³-hybridized carbons (Fsp3) is 0.462. The number of carbonyl (C=O) groups excluding carboxylic acids is 1. The number of rotatable bonds is 4. The summed E-state index contributed by atoms with van der Waals surface area (Å²) in [6.07, 6.45) is 0. The van der Waals surface area contributed by atoms with Gasteiger partial charge in [-0.05, 0) is 24.6 Å². The van der Waals surface area contributed by atoms with Crippen LogP contribution in [0.3, 0.4) is 0 Å². The van der Waals surface area contributed by atoms with Gasteiger partial charge in [-0.15, -0.1) is 12.4 Å². The van der Waals surface area contributed by atoms with Gasteiger partial charge in [0.15, 0.2) is 0 Å². The fourth-order valence-electron chi connectivity index (χ4n) is 1.48. The number of nitrogens with two attached hydrogens (primary N) is 1. The van der Waals surface area contributed by atoms with E-state index in [1.807, 2.05) is 19.9 Å². The van der Waals surface area contributed by atoms with Crippen molar-refractivity contribution in [2.75, 3.05) is 6.54 Å². The lowest BCUT2D eigenvalue weighted by Gasteiger charge is -2.26. The predicted molar refractivity (Wildman–Crippen MR) is 73.3 cm³/mol. The monoisotopic (exact) mass is 274 g/mol. The first-order valence-corrected chi connectivity index (χ1v) is 5.62. The predicted octanol–water partition coefficient (Wildman–Crippen LogP) is 1.99. The maximum Gasteiger partial charge on any atom is 0.236 e. The summed E-state index contributed by atoms with van der Waals surface area (Å²) in [6.45, 7) is 5.95. The Bertz CT molecular complexity index is 408. The van der Waals surface area contributed by atoms with E-state index in [1.54, 1.807) is 13.0 Å². The van der Waals surface area contributed by atoms with Gasteiger partial charge in [-0.2, -0.15) is 0 Å². The van der Waals surface area contributed by atoms with Crippen molar-refractivity contribution in [3.05, 3.63) is 35.6 Å². The number of amides is 1. The molecule has 0 fully saturated rings. The lowest BCUT2D eigenvalue weighted by molar-refractivity contribution is -0.122. The Hall–Kier alpha value is -1.13. The second kappa shape index (κ2) is 6.71. The number of nitrogens with one attached hydrogen (secondary N) is 1. The van der Waals surface area contributed by atoms with E-state index in [1.165, 1.54) is 12.1 Å². The lowest BCUT2D eigenvalue weighted by Crippen LogP contribution is -2.43. The molecule has 1 amide bonds. The zero-order chi connectivity index (χ0) is 13.1. The van der Waals surface area contributed by atoms with Crippen LogP contribution in [0.5, 0.6) is 0 Å². The van der Waals surface area contributed by atoms with Crippen molar-refractivity contribution in [1.29, 1.82) is 0 Å². The average Bonchev–Trinajstić information content (AvgIpc) is 2.26. The first-order chi connectivity index (χ1) is 7.83. The van der Waals surface area contributed by atoms with Gasteiger partial charge in [-0.3, -0.25) is 4.79 Å². The average molecular weight is 275 g/mol. The van der Waals surface area contributed by atoms with E-state index >= 15 is 0 Å². The van der Waals surface area contributed by atoms with Gasteiger partial charge >= 0.3 is 0 Å². The van der Waals surface area contributed by atoms with E-state index in [-0.39, 0.29) is 29.5 Å². The molecule has 1 rings (SSSR count). The topological polar surface area (TPSA) is 55.1 Å². The minimum absolute atomic E-state index is 0. The summed E-state index contributed by atoms with van der Waals surface area (Å²) >= 11 is 0. The van der Waals surface area contributed by atoms with Crippen LogP contribution in [-0.2, 0) is 10.2 Å². The SMILES string of the molecule is C[C@H](N)C(=O)NCC(C)(C)c1cccc(F)c1.Cl. The Balaban J connectivity index is 0.00000289. The van der Waals surface area contributed by atoms with E-state index in [4.69, 9.17) is 5.73 Å². The van der Waals surface area contributed by atoms with Gasteiger partial charge in [0, 0.05) is 12.0 Å². The normalized spacial score (nSPS) is 12.5. The molecule has 0 spiro atoms. The fourth-order valence-corrected chi connectivity index (χ4v) is 1.48. The third-order valence-electron chi connectivity index (χ3n) is 2.72. The Morgan fingerprint density at radius 2 is 2.11 bits per heavy atom. The van der Waals surface area contributed by atoms with Gasteiger partial charge in [0.05, 0.1) is 6.04 Å². The van der Waals surface area contributed by atoms with Crippen LogP contribution in [-0.4, -0.2) is 18.5 Å². The van der Waals surface area contributed by atoms with Crippen molar-refractivity contribution in [3.63, 3.8) is 0 Å². The van der Waals surface area contributed by atoms with Crippen molar-refractivity contribution < 1.29 is 9.18 Å². The molecule has 0 unspecified atom stereocenters. The molecule has 0 heterocycles. The zero-order valence-corrected chi connectivity index (χ0v) is 11.7. The largest absolute Gasteiger partial charge is 0.354 e. The van der Waals surface area contributed by atoms with Crippen LogP contribution < -0.4 is 11.1 Å². The highest BCUT2D eigenvalue weighted by Gasteiger charge is 2.22. The minimum Gasteiger partial charge on any atom is -0.354 e. The maximum absolute atomic E-state index is 13.1. The van der Waals surface area contributed by atoms with E-state index < -0.39 is 6.04 Å². The quantitative estimate of drug-likeness (QED) is 0.882. The van der Waals surface area contributed by atoms with Crippen LogP contribution in [0.4, 0.5) is 4.39 Å². The first kappa shape index (κ1) is 16.9. The Kier molecular flexibility index (Phi) is 6.29. The highest BCUT2D eigenvalue weighted by atomic mass is 35.5. The molecule has 1 aromatic rings. The lowest BCUT2D eigenvalue weighted by atomic mass is 9.84. The van der Waals surface area contributed by atoms with Crippen LogP contribution in [0.2, 0.25) is 0 Å². The molecule has 3 N–H and O–H groups in total.